The van der Waals surface area contributed by atoms with Crippen molar-refractivity contribution in [1.29, 1.82) is 0 Å². The summed E-state index contributed by atoms with van der Waals surface area (Å²) in [5, 5.41) is 7.28. The smallest absolute Gasteiger partial charge is 0.328 e. The van der Waals surface area contributed by atoms with E-state index in [9.17, 15) is 28.8 Å². The van der Waals surface area contributed by atoms with Crippen molar-refractivity contribution >= 4 is 77.0 Å². The van der Waals surface area contributed by atoms with Crippen LogP contribution in [0, 0.1) is 25.7 Å². The molecular formula is C50H62N6O10. The molecule has 0 saturated carbocycles. The number of nitrogens with zero attached hydrogens (tertiary/aromatic N) is 4. The first-order valence-corrected chi connectivity index (χ1v) is 22.6. The average Bonchev–Trinajstić information content (AvgIpc) is 3.95. The molecule has 0 radical (unpaired) electrons. The molecule has 0 aliphatic carbocycles. The Hall–Kier alpha value is -6.58. The van der Waals surface area contributed by atoms with Crippen LogP contribution in [0.15, 0.2) is 38.6 Å². The zero-order valence-corrected chi connectivity index (χ0v) is 39.8. The Labute approximate surface area is 385 Å². The molecule has 16 heteroatoms. The Morgan fingerprint density at radius 1 is 0.848 bits per heavy atom. The van der Waals surface area contributed by atoms with Crippen molar-refractivity contribution in [2.45, 2.75) is 112 Å². The Morgan fingerprint density at radius 3 is 2.24 bits per heavy atom. The maximum atomic E-state index is 15.0. The van der Waals surface area contributed by atoms with E-state index in [1.807, 2.05) is 13.0 Å². The number of esters is 4. The van der Waals surface area contributed by atoms with Gasteiger partial charge in [-0.25, -0.2) is 9.79 Å². The first-order chi connectivity index (χ1) is 31.6. The zero-order chi connectivity index (χ0) is 48.0. The van der Waals surface area contributed by atoms with Gasteiger partial charge in [0, 0.05) is 59.1 Å². The van der Waals surface area contributed by atoms with E-state index in [0.29, 0.717) is 41.1 Å². The number of allylic oxidation sites excluding steroid dienone is 4. The van der Waals surface area contributed by atoms with E-state index in [1.54, 1.807) is 0 Å². The quantitative estimate of drug-likeness (QED) is 0.117. The molecule has 0 spiro atoms. The first-order valence-electron chi connectivity index (χ1n) is 22.6. The fourth-order valence-corrected chi connectivity index (χ4v) is 9.32. The number of aromatic nitrogens is 2. The second kappa shape index (κ2) is 21.2. The van der Waals surface area contributed by atoms with E-state index in [2.05, 4.69) is 83.4 Å². The van der Waals surface area contributed by atoms with Crippen LogP contribution < -0.4 is 21.3 Å². The Balaban J connectivity index is 1.63. The molecule has 2 amide bonds. The van der Waals surface area contributed by atoms with Crippen molar-refractivity contribution in [3.8, 4) is 0 Å². The van der Waals surface area contributed by atoms with Crippen LogP contribution in [0.25, 0.3) is 29.9 Å². The van der Waals surface area contributed by atoms with E-state index in [0.717, 1.165) is 76.5 Å². The lowest BCUT2D eigenvalue weighted by molar-refractivity contribution is -0.150. The van der Waals surface area contributed by atoms with Crippen LogP contribution in [0.2, 0.25) is 0 Å². The normalized spacial score (nSPS) is 17.5. The molecule has 2 aromatic heterocycles. The lowest BCUT2D eigenvalue weighted by atomic mass is 9.84. The number of carbonyl (C=O) groups is 6. The van der Waals surface area contributed by atoms with Crippen LogP contribution in [-0.4, -0.2) is 97.3 Å². The van der Waals surface area contributed by atoms with Crippen LogP contribution in [0.3, 0.4) is 0 Å². The highest BCUT2D eigenvalue weighted by atomic mass is 16.5. The molecule has 16 nitrogen and oxygen atoms in total. The summed E-state index contributed by atoms with van der Waals surface area (Å²) in [7, 11) is 4.98. The predicted molar refractivity (Wildman–Crippen MR) is 251 cm³/mol. The summed E-state index contributed by atoms with van der Waals surface area (Å²) in [6.45, 7) is 12.5. The molecule has 6 rings (SSSR count). The maximum absolute atomic E-state index is 15.0. The largest absolute Gasteiger partial charge is 0.469 e. The Morgan fingerprint density at radius 2 is 1.58 bits per heavy atom. The second-order valence-corrected chi connectivity index (χ2v) is 17.0. The third-order valence-electron chi connectivity index (χ3n) is 13.1. The van der Waals surface area contributed by atoms with Gasteiger partial charge in [-0.15, -0.1) is 0 Å². The van der Waals surface area contributed by atoms with Crippen LogP contribution in [0.1, 0.15) is 124 Å². The third-order valence-corrected chi connectivity index (χ3v) is 13.1. The van der Waals surface area contributed by atoms with Gasteiger partial charge in [-0.05, 0) is 80.5 Å². The highest BCUT2D eigenvalue weighted by Gasteiger charge is 2.39. The van der Waals surface area contributed by atoms with Gasteiger partial charge in [-0.2, -0.15) is 0 Å². The predicted octanol–water partition coefficient (Wildman–Crippen LogP) is 5.00. The first kappa shape index (κ1) is 48.9. The number of fused-ring (bicyclic) bond motifs is 2. The summed E-state index contributed by atoms with van der Waals surface area (Å²) in [6, 6.07) is -1.29. The van der Waals surface area contributed by atoms with Crippen molar-refractivity contribution < 1.29 is 47.7 Å². The molecule has 2 aromatic rings. The minimum atomic E-state index is -1.29. The van der Waals surface area contributed by atoms with Crippen LogP contribution in [-0.2, 0) is 49.6 Å². The van der Waals surface area contributed by atoms with Crippen molar-refractivity contribution in [1.82, 2.24) is 19.8 Å². The molecular weight excluding hydrogens is 845 g/mol. The monoisotopic (exact) mass is 906 g/mol. The minimum absolute atomic E-state index is 0.0966. The zero-order valence-electron chi connectivity index (χ0n) is 39.8. The van der Waals surface area contributed by atoms with Gasteiger partial charge in [0.1, 0.15) is 12.7 Å². The third kappa shape index (κ3) is 9.82. The van der Waals surface area contributed by atoms with Gasteiger partial charge in [0.2, 0.25) is 5.91 Å². The lowest BCUT2D eigenvalue weighted by Crippen LogP contribution is -2.44. The van der Waals surface area contributed by atoms with Crippen molar-refractivity contribution in [2.75, 3.05) is 35.0 Å². The van der Waals surface area contributed by atoms with Gasteiger partial charge < -0.3 is 38.7 Å². The molecule has 4 aliphatic heterocycles. The van der Waals surface area contributed by atoms with Gasteiger partial charge in [0.05, 0.1) is 75.0 Å². The fraction of sp³-hybridized carbons (Fsp3) is 0.480. The summed E-state index contributed by atoms with van der Waals surface area (Å²) in [5.41, 5.74) is 9.58. The summed E-state index contributed by atoms with van der Waals surface area (Å²) in [4.78, 5) is 89.6. The molecule has 3 atom stereocenters. The molecule has 1 unspecified atom stereocenters. The fourth-order valence-electron chi connectivity index (χ4n) is 9.32. The summed E-state index contributed by atoms with van der Waals surface area (Å²) >= 11 is 0. The number of aliphatic imine (C=N–C) groups is 2. The topological polar surface area (TPSA) is 198 Å². The molecule has 6 heterocycles. The Kier molecular flexibility index (Phi) is 15.7. The van der Waals surface area contributed by atoms with Crippen molar-refractivity contribution in [3.63, 3.8) is 0 Å². The number of hydrogen-bond acceptors (Lipinski definition) is 12. The van der Waals surface area contributed by atoms with E-state index in [4.69, 9.17) is 24.2 Å². The number of carbonyl (C=O) groups excluding carboxylic acids is 6. The molecule has 6 bridgehead atoms. The molecule has 66 heavy (non-hydrogen) atoms. The molecule has 4 aliphatic rings. The number of unbranched alkanes of at least 4 members (excludes halogenated alkanes) is 2. The molecule has 2 N–H and O–H groups in total. The number of ether oxygens (including phenoxy) is 4. The van der Waals surface area contributed by atoms with Crippen LogP contribution >= 0.6 is 0 Å². The number of methoxy groups -OCH3 is 4. The molecule has 352 valence electrons. The highest BCUT2D eigenvalue weighted by molar-refractivity contribution is 6.23. The van der Waals surface area contributed by atoms with Gasteiger partial charge in [0.25, 0.3) is 5.91 Å². The van der Waals surface area contributed by atoms with E-state index >= 15 is 0 Å². The number of hydrogen-bond donors (Lipinski definition) is 2. The Bertz CT molecular complexity index is 2670. The maximum Gasteiger partial charge on any atom is 0.328 e. The standard InChI is InChI=1S/C50H62N6O10/c1-11-13-14-15-16-32-29(5)39-22-36-28(4)33(17-18-43(58)63-7)47(54-36)34(21-44(59)64-8)48-46(49(61)51-20-19-42(57)53-38(50(62)66-10)25-45(60)65-9)30(6)40-24-37-31(12-2)27(3)35(52-37)23-41(32)55(39)26-56(40)48/h15-16,22-24,28,33,38H,11-14,17-21,25-26H2,1-10H3,(H,51,61)(H,53,57)/b16-15+,35-23?,36-22?,37-24?,39-22?,40-24?,41-23?,47-34?,48-34?/t28-,33-,38?/m0/s1. The van der Waals surface area contributed by atoms with Crippen molar-refractivity contribution in [2.24, 2.45) is 21.8 Å². The SMILES string of the molecule is CCCC/C=C/c1c(C)c2n3c1=CC1=NC(=Cc4c(C)c(C(=O)NCCC(=O)NC(CC(=O)OC)C(=O)OC)c(n4C3)C(CC(=O)OC)=C3N=C(C=2)[C@@H](C)[C@@H]3CCC(=O)OC)C(CC)=C1C. The summed E-state index contributed by atoms with van der Waals surface area (Å²) in [5.74, 6) is -4.18. The van der Waals surface area contributed by atoms with Crippen LogP contribution in [0.5, 0.6) is 0 Å². The van der Waals surface area contributed by atoms with E-state index in [1.165, 1.54) is 21.3 Å². The highest BCUT2D eigenvalue weighted by Crippen LogP contribution is 2.44. The molecule has 0 saturated heterocycles. The average molecular weight is 907 g/mol. The second-order valence-electron chi connectivity index (χ2n) is 17.0. The molecule has 0 aromatic carbocycles. The summed E-state index contributed by atoms with van der Waals surface area (Å²) in [6.07, 6.45) is 13.9. The van der Waals surface area contributed by atoms with Crippen molar-refractivity contribution in [3.05, 3.63) is 73.0 Å². The summed E-state index contributed by atoms with van der Waals surface area (Å²) < 4.78 is 24.2. The van der Waals surface area contributed by atoms with Gasteiger partial charge in [-0.3, -0.25) is 29.0 Å². The van der Waals surface area contributed by atoms with E-state index in [-0.39, 0.29) is 55.8 Å². The van der Waals surface area contributed by atoms with Gasteiger partial charge in [-0.1, -0.05) is 45.8 Å². The number of nitrogens with one attached hydrogen (secondary N) is 2. The van der Waals surface area contributed by atoms with Gasteiger partial charge >= 0.3 is 23.9 Å². The lowest BCUT2D eigenvalue weighted by Gasteiger charge is -2.22. The number of amides is 2. The van der Waals surface area contributed by atoms with Crippen LogP contribution in [0.4, 0.5) is 0 Å². The number of rotatable bonds is 18. The molecule has 0 fully saturated rings. The minimum Gasteiger partial charge on any atom is -0.469 e. The van der Waals surface area contributed by atoms with E-state index < -0.39 is 42.2 Å². The van der Waals surface area contributed by atoms with Gasteiger partial charge in [0.15, 0.2) is 0 Å².